The van der Waals surface area contributed by atoms with Crippen molar-refractivity contribution < 1.29 is 14.7 Å². The highest BCUT2D eigenvalue weighted by molar-refractivity contribution is 6.32. The van der Waals surface area contributed by atoms with Crippen LogP contribution in [-0.2, 0) is 23.2 Å². The number of carbonyl (C=O) groups excluding carboxylic acids is 2. The fourth-order valence-electron chi connectivity index (χ4n) is 4.87. The van der Waals surface area contributed by atoms with E-state index >= 15 is 0 Å². The van der Waals surface area contributed by atoms with E-state index in [4.69, 9.17) is 11.6 Å². The molecule has 0 saturated carbocycles. The Kier molecular flexibility index (Phi) is 4.14. The maximum absolute atomic E-state index is 13.1. The molecule has 2 heterocycles. The number of phenols is 1. The van der Waals surface area contributed by atoms with Gasteiger partial charge in [-0.2, -0.15) is 0 Å². The lowest BCUT2D eigenvalue weighted by atomic mass is 9.68. The number of carbonyl (C=O) groups is 2. The van der Waals surface area contributed by atoms with Crippen LogP contribution in [0.15, 0.2) is 62.2 Å². The average Bonchev–Trinajstić information content (AvgIpc) is 2.95. The van der Waals surface area contributed by atoms with E-state index in [0.29, 0.717) is 22.3 Å². The molecule has 0 radical (unpaired) electrons. The van der Waals surface area contributed by atoms with Gasteiger partial charge in [0.2, 0.25) is 0 Å². The molecule has 2 aromatic rings. The smallest absolute Gasteiger partial charge is 0.347 e. The van der Waals surface area contributed by atoms with E-state index in [0.717, 1.165) is 10.1 Å². The molecule has 31 heavy (non-hydrogen) atoms. The van der Waals surface area contributed by atoms with Crippen molar-refractivity contribution in [2.24, 2.45) is 7.05 Å². The van der Waals surface area contributed by atoms with Gasteiger partial charge in [-0.25, -0.2) is 23.5 Å². The molecule has 0 spiro atoms. The van der Waals surface area contributed by atoms with Crippen LogP contribution in [0, 0.1) is 0 Å². The average molecular weight is 440 g/mol. The largest absolute Gasteiger partial charge is 0.508 e. The molecule has 8 nitrogen and oxygen atoms in total. The van der Waals surface area contributed by atoms with Crippen LogP contribution >= 0.6 is 11.6 Å². The Morgan fingerprint density at radius 3 is 2.58 bits per heavy atom. The van der Waals surface area contributed by atoms with Crippen LogP contribution < -0.4 is 11.4 Å². The zero-order valence-corrected chi connectivity index (χ0v) is 17.5. The fourth-order valence-corrected chi connectivity index (χ4v) is 5.15. The Balaban J connectivity index is 1.81. The zero-order chi connectivity index (χ0) is 22.2. The summed E-state index contributed by atoms with van der Waals surface area (Å²) < 4.78 is 3.74. The number of hydrogen-bond donors (Lipinski definition) is 1. The summed E-state index contributed by atoms with van der Waals surface area (Å²) in [4.78, 5) is 51.4. The zero-order valence-electron chi connectivity index (χ0n) is 16.8. The number of fused-ring (bicyclic) bond motifs is 3. The van der Waals surface area contributed by atoms with E-state index in [9.17, 15) is 24.3 Å². The van der Waals surface area contributed by atoms with Gasteiger partial charge in [0.1, 0.15) is 5.75 Å². The molecular formula is C22H18ClN3O5. The summed E-state index contributed by atoms with van der Waals surface area (Å²) >= 11 is 6.45. The van der Waals surface area contributed by atoms with Gasteiger partial charge in [0.05, 0.1) is 12.6 Å². The number of aromatic hydroxyl groups is 1. The first-order chi connectivity index (χ1) is 14.7. The molecule has 1 aromatic heterocycles. The van der Waals surface area contributed by atoms with E-state index in [1.54, 1.807) is 13.0 Å². The predicted molar refractivity (Wildman–Crippen MR) is 112 cm³/mol. The molecule has 1 aliphatic heterocycles. The lowest BCUT2D eigenvalue weighted by Gasteiger charge is -2.39. The summed E-state index contributed by atoms with van der Waals surface area (Å²) in [5, 5.41) is 10.0. The van der Waals surface area contributed by atoms with Crippen LogP contribution in [0.5, 0.6) is 5.75 Å². The Hall–Kier alpha value is -3.39. The summed E-state index contributed by atoms with van der Waals surface area (Å²) in [6, 6.07) is 3.86. The predicted octanol–water partition coefficient (Wildman–Crippen LogP) is 1.77. The Bertz CT molecular complexity index is 1420. The molecule has 0 unspecified atom stereocenters. The first-order valence-corrected chi connectivity index (χ1v) is 10.2. The maximum Gasteiger partial charge on any atom is 0.347 e. The summed E-state index contributed by atoms with van der Waals surface area (Å²) in [6.45, 7) is 1.75. The highest BCUT2D eigenvalue weighted by Crippen LogP contribution is 2.51. The summed E-state index contributed by atoms with van der Waals surface area (Å²) in [6.07, 6.45) is 3.29. The standard InChI is InChI=1S/C22H18ClN3O5/c1-10-7-17(28)19-14(20(10)29)9-16-13(18(19)12-4-3-11(27)8-15(12)23)5-6-25-21(30)24(2)22(31)26(16)25/h3-5,7-8,16,18,27H,6,9H2,1-2H3/t16-,18+/m1/s1. The van der Waals surface area contributed by atoms with Crippen LogP contribution in [0.2, 0.25) is 5.02 Å². The molecule has 0 saturated heterocycles. The fraction of sp³-hybridized carbons (Fsp3) is 0.273. The van der Waals surface area contributed by atoms with Crippen molar-refractivity contribution in [3.05, 3.63) is 84.2 Å². The monoisotopic (exact) mass is 439 g/mol. The molecule has 1 aromatic carbocycles. The van der Waals surface area contributed by atoms with Crippen LogP contribution in [0.4, 0.5) is 0 Å². The molecule has 0 amide bonds. The van der Waals surface area contributed by atoms with E-state index in [-0.39, 0.29) is 35.3 Å². The maximum atomic E-state index is 13.1. The molecule has 0 bridgehead atoms. The number of ketones is 2. The van der Waals surface area contributed by atoms with Crippen molar-refractivity contribution in [1.82, 2.24) is 13.9 Å². The van der Waals surface area contributed by atoms with Crippen molar-refractivity contribution in [2.45, 2.75) is 31.8 Å². The molecule has 9 heteroatoms. The molecule has 2 aliphatic carbocycles. The van der Waals surface area contributed by atoms with E-state index in [1.807, 2.05) is 6.08 Å². The minimum absolute atomic E-state index is 0.0251. The number of benzene rings is 1. The highest BCUT2D eigenvalue weighted by Gasteiger charge is 2.45. The lowest BCUT2D eigenvalue weighted by Crippen LogP contribution is -2.40. The molecule has 2 atom stereocenters. The van der Waals surface area contributed by atoms with Crippen LogP contribution in [0.3, 0.4) is 0 Å². The molecule has 3 aliphatic rings. The van der Waals surface area contributed by atoms with Gasteiger partial charge in [0, 0.05) is 41.1 Å². The van der Waals surface area contributed by atoms with Gasteiger partial charge >= 0.3 is 11.4 Å². The summed E-state index contributed by atoms with van der Waals surface area (Å²) in [7, 11) is 1.41. The van der Waals surface area contributed by atoms with Crippen molar-refractivity contribution in [3.63, 3.8) is 0 Å². The number of hydrogen-bond acceptors (Lipinski definition) is 5. The molecule has 5 rings (SSSR count). The normalized spacial score (nSPS) is 22.5. The van der Waals surface area contributed by atoms with Crippen molar-refractivity contribution >= 4 is 23.2 Å². The van der Waals surface area contributed by atoms with E-state index in [1.165, 1.54) is 34.6 Å². The lowest BCUT2D eigenvalue weighted by molar-refractivity contribution is -0.116. The van der Waals surface area contributed by atoms with Gasteiger partial charge in [0.15, 0.2) is 11.6 Å². The number of allylic oxidation sites excluding steroid dienone is 6. The molecule has 158 valence electrons. The number of nitrogens with zero attached hydrogens (tertiary/aromatic N) is 3. The quantitative estimate of drug-likeness (QED) is 0.538. The third-order valence-electron chi connectivity index (χ3n) is 6.32. The van der Waals surface area contributed by atoms with Crippen LogP contribution in [0.1, 0.15) is 30.9 Å². The van der Waals surface area contributed by atoms with Crippen molar-refractivity contribution in [3.8, 4) is 5.75 Å². The van der Waals surface area contributed by atoms with Gasteiger partial charge in [-0.1, -0.05) is 23.7 Å². The molecule has 1 N–H and O–H groups in total. The topological polar surface area (TPSA) is 103 Å². The minimum atomic E-state index is -0.668. The Morgan fingerprint density at radius 1 is 1.13 bits per heavy atom. The second-order valence-corrected chi connectivity index (χ2v) is 8.43. The second kappa shape index (κ2) is 6.55. The molecular weight excluding hydrogens is 422 g/mol. The number of phenolic OH excluding ortho intramolecular Hbond substituents is 1. The Morgan fingerprint density at radius 2 is 1.87 bits per heavy atom. The number of aromatic nitrogens is 3. The van der Waals surface area contributed by atoms with Gasteiger partial charge in [0.25, 0.3) is 0 Å². The summed E-state index contributed by atoms with van der Waals surface area (Å²) in [5.74, 6) is -1.22. The first-order valence-electron chi connectivity index (χ1n) is 9.77. The van der Waals surface area contributed by atoms with Gasteiger partial charge in [-0.15, -0.1) is 0 Å². The van der Waals surface area contributed by atoms with Crippen molar-refractivity contribution in [1.29, 1.82) is 0 Å². The van der Waals surface area contributed by atoms with Gasteiger partial charge in [-0.3, -0.25) is 9.59 Å². The number of rotatable bonds is 1. The Labute approximate surface area is 181 Å². The van der Waals surface area contributed by atoms with E-state index < -0.39 is 23.3 Å². The molecule has 0 fully saturated rings. The number of halogens is 1. The number of Topliss-reactive ketones (excluding diaryl/α,β-unsaturated/α-hetero) is 1. The van der Waals surface area contributed by atoms with Gasteiger partial charge in [-0.05, 0) is 36.3 Å². The van der Waals surface area contributed by atoms with Crippen LogP contribution in [-0.4, -0.2) is 30.6 Å². The van der Waals surface area contributed by atoms with E-state index in [2.05, 4.69) is 0 Å². The SMILES string of the molecule is CC1=CC(=O)C2=C(C[C@@H]3C(=CCn4c(=O)n(C)c(=O)n43)[C@@H]2c2ccc(O)cc2Cl)C1=O. The van der Waals surface area contributed by atoms with Gasteiger partial charge < -0.3 is 5.11 Å². The third-order valence-corrected chi connectivity index (χ3v) is 6.64. The first kappa shape index (κ1) is 19.6. The summed E-state index contributed by atoms with van der Waals surface area (Å²) in [5.41, 5.74) is 1.36. The highest BCUT2D eigenvalue weighted by atomic mass is 35.5. The van der Waals surface area contributed by atoms with Crippen LogP contribution in [0.25, 0.3) is 0 Å². The van der Waals surface area contributed by atoms with Crippen molar-refractivity contribution in [2.75, 3.05) is 0 Å². The second-order valence-electron chi connectivity index (χ2n) is 8.03. The third kappa shape index (κ3) is 2.61. The minimum Gasteiger partial charge on any atom is -0.508 e.